The van der Waals surface area contributed by atoms with Crippen molar-refractivity contribution in [3.63, 3.8) is 0 Å². The molecule has 0 amide bonds. The number of carbonyl (C=O) groups excluding carboxylic acids is 1. The molecule has 0 N–H and O–H groups in total. The predicted molar refractivity (Wildman–Crippen MR) is 168 cm³/mol. The van der Waals surface area contributed by atoms with Gasteiger partial charge in [0.1, 0.15) is 23.2 Å². The van der Waals surface area contributed by atoms with E-state index in [0.717, 1.165) is 54.3 Å². The number of imidazole rings is 1. The maximum absolute atomic E-state index is 13.6. The molecule has 5 rings (SSSR count). The monoisotopic (exact) mass is 567 g/mol. The zero-order valence-electron chi connectivity index (χ0n) is 24.7. The second-order valence-electron chi connectivity index (χ2n) is 11.6. The van der Waals surface area contributed by atoms with Crippen molar-refractivity contribution in [3.05, 3.63) is 90.3 Å². The average molecular weight is 568 g/mol. The van der Waals surface area contributed by atoms with Crippen LogP contribution in [0.25, 0.3) is 16.9 Å². The SMILES string of the molecule is COc1ccc(-c2cn(-c3ccc(F)cc3)c(CC(=O)CCC3CCCC(CCC4=CCCC=CC=N4)CC3)n2)cc1. The van der Waals surface area contributed by atoms with Gasteiger partial charge in [-0.15, -0.1) is 0 Å². The molecular weight excluding hydrogens is 525 g/mol. The number of rotatable bonds is 11. The van der Waals surface area contributed by atoms with Crippen LogP contribution in [-0.4, -0.2) is 28.7 Å². The van der Waals surface area contributed by atoms with Gasteiger partial charge in [0.05, 0.1) is 19.2 Å². The molecule has 1 aliphatic heterocycles. The van der Waals surface area contributed by atoms with E-state index in [1.165, 1.54) is 56.4 Å². The van der Waals surface area contributed by atoms with Gasteiger partial charge in [-0.2, -0.15) is 0 Å². The highest BCUT2D eigenvalue weighted by Gasteiger charge is 2.21. The Morgan fingerprint density at radius 3 is 2.50 bits per heavy atom. The van der Waals surface area contributed by atoms with Crippen molar-refractivity contribution < 1.29 is 13.9 Å². The van der Waals surface area contributed by atoms with E-state index < -0.39 is 0 Å². The van der Waals surface area contributed by atoms with Gasteiger partial charge in [0.2, 0.25) is 0 Å². The highest BCUT2D eigenvalue weighted by Crippen LogP contribution is 2.33. The van der Waals surface area contributed by atoms with Gasteiger partial charge in [-0.05, 0) is 98.5 Å². The molecule has 1 fully saturated rings. The number of ether oxygens (including phenoxy) is 1. The number of halogens is 1. The summed E-state index contributed by atoms with van der Waals surface area (Å²) in [5, 5.41) is 0. The highest BCUT2D eigenvalue weighted by atomic mass is 19.1. The second kappa shape index (κ2) is 14.9. The lowest BCUT2D eigenvalue weighted by Gasteiger charge is -2.15. The first-order valence-electron chi connectivity index (χ1n) is 15.5. The highest BCUT2D eigenvalue weighted by molar-refractivity contribution is 5.80. The summed E-state index contributed by atoms with van der Waals surface area (Å²) in [5.74, 6) is 2.72. The molecule has 220 valence electrons. The van der Waals surface area contributed by atoms with E-state index in [4.69, 9.17) is 9.72 Å². The quantitative estimate of drug-likeness (QED) is 0.218. The first-order chi connectivity index (χ1) is 20.6. The fourth-order valence-corrected chi connectivity index (χ4v) is 6.15. The Morgan fingerprint density at radius 1 is 0.976 bits per heavy atom. The summed E-state index contributed by atoms with van der Waals surface area (Å²) in [6, 6.07) is 14.0. The van der Waals surface area contributed by atoms with Gasteiger partial charge in [0.25, 0.3) is 0 Å². The number of aromatic nitrogens is 2. The molecular formula is C36H42FN3O2. The zero-order chi connectivity index (χ0) is 29.1. The van der Waals surface area contributed by atoms with Gasteiger partial charge in [0.15, 0.2) is 0 Å². The minimum atomic E-state index is -0.291. The molecule has 0 spiro atoms. The van der Waals surface area contributed by atoms with Crippen LogP contribution in [0.15, 0.2) is 83.6 Å². The van der Waals surface area contributed by atoms with Gasteiger partial charge >= 0.3 is 0 Å². The summed E-state index contributed by atoms with van der Waals surface area (Å²) in [4.78, 5) is 22.7. The van der Waals surface area contributed by atoms with Crippen molar-refractivity contribution in [2.75, 3.05) is 7.11 Å². The van der Waals surface area contributed by atoms with Crippen LogP contribution in [0.2, 0.25) is 0 Å². The Balaban J connectivity index is 1.17. The Morgan fingerprint density at radius 2 is 1.74 bits per heavy atom. The number of benzene rings is 2. The van der Waals surface area contributed by atoms with E-state index in [9.17, 15) is 9.18 Å². The van der Waals surface area contributed by atoms with E-state index in [0.29, 0.717) is 18.2 Å². The third-order valence-corrected chi connectivity index (χ3v) is 8.65. The molecule has 2 unspecified atom stereocenters. The molecule has 5 nitrogen and oxygen atoms in total. The number of nitrogens with zero attached hydrogens (tertiary/aromatic N) is 3. The third-order valence-electron chi connectivity index (χ3n) is 8.65. The van der Waals surface area contributed by atoms with Crippen molar-refractivity contribution >= 4 is 12.0 Å². The minimum Gasteiger partial charge on any atom is -0.497 e. The van der Waals surface area contributed by atoms with Crippen molar-refractivity contribution in [1.82, 2.24) is 9.55 Å². The molecule has 2 aliphatic rings. The summed E-state index contributed by atoms with van der Waals surface area (Å²) in [5.41, 5.74) is 3.74. The number of hydrogen-bond donors (Lipinski definition) is 0. The van der Waals surface area contributed by atoms with Gasteiger partial charge in [-0.1, -0.05) is 44.3 Å². The Hall–Kier alpha value is -3.80. The van der Waals surface area contributed by atoms with E-state index in [1.807, 2.05) is 41.2 Å². The van der Waals surface area contributed by atoms with Crippen LogP contribution >= 0.6 is 0 Å². The summed E-state index contributed by atoms with van der Waals surface area (Å²) in [7, 11) is 1.64. The smallest absolute Gasteiger partial charge is 0.140 e. The van der Waals surface area contributed by atoms with Gasteiger partial charge in [-0.3, -0.25) is 9.79 Å². The van der Waals surface area contributed by atoms with Gasteiger partial charge in [-0.25, -0.2) is 9.37 Å². The third kappa shape index (κ3) is 8.37. The molecule has 1 aromatic heterocycles. The zero-order valence-corrected chi connectivity index (χ0v) is 24.7. The topological polar surface area (TPSA) is 56.5 Å². The molecule has 6 heteroatoms. The minimum absolute atomic E-state index is 0.203. The van der Waals surface area contributed by atoms with E-state index in [2.05, 4.69) is 23.2 Å². The summed E-state index contributed by atoms with van der Waals surface area (Å²) in [6.45, 7) is 0. The summed E-state index contributed by atoms with van der Waals surface area (Å²) >= 11 is 0. The number of allylic oxidation sites excluding steroid dienone is 4. The van der Waals surface area contributed by atoms with E-state index in [-0.39, 0.29) is 18.0 Å². The van der Waals surface area contributed by atoms with Gasteiger partial charge in [0, 0.05) is 35.8 Å². The Bertz CT molecular complexity index is 1400. The largest absolute Gasteiger partial charge is 0.497 e. The lowest BCUT2D eigenvalue weighted by molar-refractivity contribution is -0.118. The van der Waals surface area contributed by atoms with Crippen LogP contribution in [-0.2, 0) is 11.2 Å². The van der Waals surface area contributed by atoms with Crippen molar-refractivity contribution in [2.24, 2.45) is 16.8 Å². The van der Waals surface area contributed by atoms with Crippen LogP contribution in [0.3, 0.4) is 0 Å². The maximum atomic E-state index is 13.6. The van der Waals surface area contributed by atoms with E-state index in [1.54, 1.807) is 19.2 Å². The molecule has 0 bridgehead atoms. The summed E-state index contributed by atoms with van der Waals surface area (Å²) in [6.07, 6.45) is 22.8. The lowest BCUT2D eigenvalue weighted by atomic mass is 9.91. The maximum Gasteiger partial charge on any atom is 0.140 e. The van der Waals surface area contributed by atoms with Crippen molar-refractivity contribution in [1.29, 1.82) is 0 Å². The number of hydrogen-bond acceptors (Lipinski definition) is 4. The number of ketones is 1. The molecule has 3 aromatic rings. The van der Waals surface area contributed by atoms with Crippen LogP contribution in [0.5, 0.6) is 5.75 Å². The second-order valence-corrected chi connectivity index (χ2v) is 11.6. The van der Waals surface area contributed by atoms with Crippen LogP contribution in [0.1, 0.15) is 76.5 Å². The van der Waals surface area contributed by atoms with Crippen molar-refractivity contribution in [3.8, 4) is 22.7 Å². The molecule has 2 atom stereocenters. The lowest BCUT2D eigenvalue weighted by Crippen LogP contribution is -2.11. The van der Waals surface area contributed by atoms with E-state index >= 15 is 0 Å². The van der Waals surface area contributed by atoms with Crippen LogP contribution in [0.4, 0.5) is 4.39 Å². The fourth-order valence-electron chi connectivity index (χ4n) is 6.15. The van der Waals surface area contributed by atoms with Crippen molar-refractivity contribution in [2.45, 2.75) is 77.0 Å². The standard InChI is InChI=1S/C36H42FN3O2/c1-42-34-22-14-29(15-23-34)35-26-40(32-19-16-30(37)17-20-32)36(39-35)25-33(41)21-13-28-8-6-7-27(10-11-28)12-18-31-9-4-2-3-5-24-38-31/h3,5,9,14-17,19-20,22-24,26-28H,2,4,6-8,10-13,18,21,25H2,1H3. The first kappa shape index (κ1) is 29.7. The molecule has 0 radical (unpaired) electrons. The molecule has 2 aromatic carbocycles. The fraction of sp³-hybridized carbons (Fsp3) is 0.417. The first-order valence-corrected chi connectivity index (χ1v) is 15.5. The predicted octanol–water partition coefficient (Wildman–Crippen LogP) is 8.86. The van der Waals surface area contributed by atoms with Gasteiger partial charge < -0.3 is 9.30 Å². The Kier molecular flexibility index (Phi) is 10.5. The van der Waals surface area contributed by atoms with Crippen LogP contribution in [0, 0.1) is 17.7 Å². The number of methoxy groups -OCH3 is 1. The molecule has 1 saturated carbocycles. The molecule has 42 heavy (non-hydrogen) atoms. The van der Waals surface area contributed by atoms with Crippen LogP contribution < -0.4 is 4.74 Å². The number of Topliss-reactive ketones (excluding diaryl/α,β-unsaturated/α-hetero) is 1. The number of aliphatic imine (C=N–C) groups is 1. The molecule has 1 aliphatic carbocycles. The average Bonchev–Trinajstić information content (AvgIpc) is 3.26. The molecule has 0 saturated heterocycles. The number of carbonyl (C=O) groups is 1. The summed E-state index contributed by atoms with van der Waals surface area (Å²) < 4.78 is 20.8. The Labute approximate surface area is 249 Å². The molecule has 2 heterocycles. The normalized spacial score (nSPS) is 19.0.